The van der Waals surface area contributed by atoms with Crippen molar-refractivity contribution in [1.82, 2.24) is 39.6 Å². The highest BCUT2D eigenvalue weighted by Gasteiger charge is 2.49. The van der Waals surface area contributed by atoms with Crippen LogP contribution in [-0.4, -0.2) is 188 Å². The van der Waals surface area contributed by atoms with Gasteiger partial charge in [-0.15, -0.1) is 0 Å². The van der Waals surface area contributed by atoms with Gasteiger partial charge < -0.3 is 54.8 Å². The average Bonchev–Trinajstić information content (AvgIpc) is 4.14. The Kier molecular flexibility index (Phi) is 14.0. The number of carbonyl (C=O) groups is 9. The standard InChI is InChI=1S/C46H65N9O10/c1-28(2)27-30(40(58)51-22-6-14-33(51)45(63)55-26-10-18-37(55)46(64)65)48-38(56)31-12-4-20-49(31)41(59)34-15-7-23-52(34)43(61)36-17-9-25-54(36)44(62)35-16-8-24-53(35)42(60)32-13-5-21-50(32)39(57)29-11-3-19-47-29/h5,9,17,21,28-37,47H,3-4,6-8,10-16,18-20,22-27H2,1-2H3,(H,48,56)(H,64,65)/t29-,30-,31-,32-,33-,34-,35-,36-,37-/m0/s1. The highest BCUT2D eigenvalue weighted by molar-refractivity contribution is 5.99. The van der Waals surface area contributed by atoms with Crippen LogP contribution in [0, 0.1) is 5.92 Å². The Hall–Kier alpha value is -5.33. The molecule has 8 rings (SSSR count). The largest absolute Gasteiger partial charge is 0.548 e. The summed E-state index contributed by atoms with van der Waals surface area (Å²) in [5.74, 6) is -4.16. The fourth-order valence-electron chi connectivity index (χ4n) is 11.7. The first-order valence-corrected chi connectivity index (χ1v) is 24.1. The van der Waals surface area contributed by atoms with Crippen LogP contribution in [0.3, 0.4) is 0 Å². The second kappa shape index (κ2) is 19.6. The SMILES string of the molecule is CC(C)C[C@H](NC(=O)[C@@H]1CCCN1C(=O)[C@@H]1CCCN1C(=O)[C@@H]1C=CCN1C(=O)[C@@H]1CCCN1C(=O)[C@@H]1CC=CN1C(=O)[C@@H]1CCC[NH2+]1)C(=O)N1CCC[C@H]1C(=O)N1CCC[C@H]1C(=O)[O-]. The quantitative estimate of drug-likeness (QED) is 0.202. The second-order valence-corrected chi connectivity index (χ2v) is 19.5. The summed E-state index contributed by atoms with van der Waals surface area (Å²) in [5.41, 5.74) is 0. The van der Waals surface area contributed by atoms with Gasteiger partial charge in [0.1, 0.15) is 42.3 Å². The maximum Gasteiger partial charge on any atom is 0.285 e. The molecule has 9 atom stereocenters. The van der Waals surface area contributed by atoms with Crippen molar-refractivity contribution in [3.05, 3.63) is 24.4 Å². The summed E-state index contributed by atoms with van der Waals surface area (Å²) < 4.78 is 0. The van der Waals surface area contributed by atoms with Crippen LogP contribution in [0.5, 0.6) is 0 Å². The van der Waals surface area contributed by atoms with E-state index in [0.717, 1.165) is 19.4 Å². The van der Waals surface area contributed by atoms with Gasteiger partial charge in [0.2, 0.25) is 41.4 Å². The van der Waals surface area contributed by atoms with Crippen LogP contribution in [-0.2, 0) is 43.2 Å². The van der Waals surface area contributed by atoms with Gasteiger partial charge in [0.25, 0.3) is 5.91 Å². The molecule has 8 aliphatic heterocycles. The lowest BCUT2D eigenvalue weighted by Gasteiger charge is -2.36. The van der Waals surface area contributed by atoms with E-state index in [1.165, 1.54) is 29.4 Å². The minimum atomic E-state index is -1.32. The third kappa shape index (κ3) is 9.13. The van der Waals surface area contributed by atoms with Gasteiger partial charge in [-0.25, -0.2) is 0 Å². The monoisotopic (exact) mass is 903 g/mol. The van der Waals surface area contributed by atoms with Crippen LogP contribution in [0.15, 0.2) is 24.4 Å². The second-order valence-electron chi connectivity index (χ2n) is 19.5. The fourth-order valence-corrected chi connectivity index (χ4v) is 11.7. The number of carbonyl (C=O) groups excluding carboxylic acids is 9. The van der Waals surface area contributed by atoms with Crippen LogP contribution in [0.2, 0.25) is 0 Å². The van der Waals surface area contributed by atoms with Crippen molar-refractivity contribution >= 4 is 53.2 Å². The van der Waals surface area contributed by atoms with Gasteiger partial charge in [0, 0.05) is 58.3 Å². The number of quaternary nitrogens is 1. The van der Waals surface area contributed by atoms with Crippen LogP contribution in [0.1, 0.15) is 104 Å². The third-order valence-electron chi connectivity index (χ3n) is 14.9. The molecule has 0 bridgehead atoms. The van der Waals surface area contributed by atoms with E-state index in [1.54, 1.807) is 23.3 Å². The van der Waals surface area contributed by atoms with Crippen LogP contribution in [0.25, 0.3) is 0 Å². The molecule has 19 heteroatoms. The molecule has 3 N–H and O–H groups in total. The Morgan fingerprint density at radius 1 is 0.585 bits per heavy atom. The maximum absolute atomic E-state index is 14.5. The minimum absolute atomic E-state index is 0.0134. The Labute approximate surface area is 379 Å². The minimum Gasteiger partial charge on any atom is -0.548 e. The van der Waals surface area contributed by atoms with Crippen LogP contribution < -0.4 is 15.7 Å². The number of amides is 8. The van der Waals surface area contributed by atoms with Gasteiger partial charge in [0.05, 0.1) is 18.6 Å². The van der Waals surface area contributed by atoms with Crippen molar-refractivity contribution in [2.75, 3.05) is 45.8 Å². The van der Waals surface area contributed by atoms with E-state index in [0.29, 0.717) is 83.7 Å². The Bertz CT molecular complexity index is 1990. The summed E-state index contributed by atoms with van der Waals surface area (Å²) in [6.45, 7) is 6.39. The Balaban J connectivity index is 0.905. The normalized spacial score (nSPS) is 30.4. The first kappa shape index (κ1) is 46.2. The molecular weight excluding hydrogens is 839 g/mol. The van der Waals surface area contributed by atoms with Gasteiger partial charge in [0.15, 0.2) is 6.04 Å². The molecule has 0 aromatic heterocycles. The number of nitrogens with two attached hydrogens (primary N) is 1. The van der Waals surface area contributed by atoms with Crippen molar-refractivity contribution in [2.45, 2.75) is 158 Å². The van der Waals surface area contributed by atoms with E-state index in [1.807, 2.05) is 25.2 Å². The zero-order valence-electron chi connectivity index (χ0n) is 37.7. The molecular formula is C46H65N9O10. The number of likely N-dealkylation sites (tertiary alicyclic amines) is 5. The van der Waals surface area contributed by atoms with Crippen molar-refractivity contribution in [1.29, 1.82) is 0 Å². The van der Waals surface area contributed by atoms with Gasteiger partial charge >= 0.3 is 0 Å². The number of carboxylic acid groups (broad SMARTS) is 1. The van der Waals surface area contributed by atoms with Crippen molar-refractivity contribution in [3.8, 4) is 0 Å². The molecule has 65 heavy (non-hydrogen) atoms. The molecule has 6 saturated heterocycles. The van der Waals surface area contributed by atoms with Gasteiger partial charge in [-0.3, -0.25) is 38.4 Å². The zero-order valence-corrected chi connectivity index (χ0v) is 37.7. The van der Waals surface area contributed by atoms with Gasteiger partial charge in [-0.1, -0.05) is 32.1 Å². The summed E-state index contributed by atoms with van der Waals surface area (Å²) in [6, 6.07) is -7.31. The zero-order chi connectivity index (χ0) is 46.1. The molecule has 0 saturated carbocycles. The predicted octanol–water partition coefficient (Wildman–Crippen LogP) is -2.17. The molecule has 6 fully saturated rings. The molecule has 8 heterocycles. The summed E-state index contributed by atoms with van der Waals surface area (Å²) in [5, 5.41) is 16.7. The number of nitrogens with one attached hydrogen (secondary N) is 1. The van der Waals surface area contributed by atoms with Gasteiger partial charge in [-0.2, -0.15) is 0 Å². The first-order valence-electron chi connectivity index (χ1n) is 24.1. The number of hydrogen-bond acceptors (Lipinski definition) is 10. The summed E-state index contributed by atoms with van der Waals surface area (Å²) >= 11 is 0. The Morgan fingerprint density at radius 3 is 1.68 bits per heavy atom. The molecule has 0 spiro atoms. The topological polar surface area (TPSA) is 228 Å². The van der Waals surface area contributed by atoms with E-state index in [9.17, 15) is 48.3 Å². The molecule has 354 valence electrons. The third-order valence-corrected chi connectivity index (χ3v) is 14.9. The van der Waals surface area contributed by atoms with Crippen molar-refractivity contribution < 1.29 is 53.6 Å². The summed E-state index contributed by atoms with van der Waals surface area (Å²) in [6.07, 6.45) is 13.9. The Morgan fingerprint density at radius 2 is 1.09 bits per heavy atom. The maximum atomic E-state index is 14.5. The number of aliphatic carboxylic acids is 1. The lowest BCUT2D eigenvalue weighted by atomic mass is 10.0. The van der Waals surface area contributed by atoms with Crippen LogP contribution in [0.4, 0.5) is 0 Å². The van der Waals surface area contributed by atoms with E-state index in [-0.39, 0.29) is 68.2 Å². The fraction of sp³-hybridized carbons (Fsp3) is 0.717. The van der Waals surface area contributed by atoms with E-state index >= 15 is 0 Å². The number of hydrogen-bond donors (Lipinski definition) is 2. The lowest BCUT2D eigenvalue weighted by Crippen LogP contribution is -2.89. The number of rotatable bonds is 12. The smallest absolute Gasteiger partial charge is 0.285 e. The van der Waals surface area contributed by atoms with Crippen molar-refractivity contribution in [2.24, 2.45) is 5.92 Å². The highest BCUT2D eigenvalue weighted by atomic mass is 16.4. The average molecular weight is 904 g/mol. The summed E-state index contributed by atoms with van der Waals surface area (Å²) in [4.78, 5) is 135. The highest BCUT2D eigenvalue weighted by Crippen LogP contribution is 2.31. The molecule has 0 aromatic rings. The lowest BCUT2D eigenvalue weighted by molar-refractivity contribution is -0.658. The molecule has 19 nitrogen and oxygen atoms in total. The molecule has 8 aliphatic rings. The molecule has 0 aromatic carbocycles. The number of carboxylic acids is 1. The molecule has 0 radical (unpaired) electrons. The van der Waals surface area contributed by atoms with Crippen LogP contribution >= 0.6 is 0 Å². The molecule has 8 amide bonds. The molecule has 0 unspecified atom stereocenters. The van der Waals surface area contributed by atoms with E-state index < -0.39 is 77.9 Å². The van der Waals surface area contributed by atoms with Crippen molar-refractivity contribution in [3.63, 3.8) is 0 Å². The van der Waals surface area contributed by atoms with Gasteiger partial charge in [-0.05, 0) is 83.0 Å². The van der Waals surface area contributed by atoms with E-state index in [4.69, 9.17) is 0 Å². The van der Waals surface area contributed by atoms with E-state index in [2.05, 4.69) is 5.32 Å². The number of nitrogens with zero attached hydrogens (tertiary/aromatic N) is 7. The summed E-state index contributed by atoms with van der Waals surface area (Å²) in [7, 11) is 0. The molecule has 0 aliphatic carbocycles. The predicted molar refractivity (Wildman–Crippen MR) is 229 cm³/mol. The first-order chi connectivity index (χ1) is 31.3.